The second-order valence-corrected chi connectivity index (χ2v) is 5.03. The van der Waals surface area contributed by atoms with Crippen LogP contribution in [0.5, 0.6) is 0 Å². The predicted octanol–water partition coefficient (Wildman–Crippen LogP) is 1.37. The van der Waals surface area contributed by atoms with Crippen LogP contribution in [0.3, 0.4) is 0 Å². The van der Waals surface area contributed by atoms with Crippen molar-refractivity contribution in [3.05, 3.63) is 17.5 Å². The van der Waals surface area contributed by atoms with Gasteiger partial charge in [-0.2, -0.15) is 5.10 Å². The fraction of sp³-hybridized carbons (Fsp3) is 0.727. The molecule has 1 unspecified atom stereocenters. The number of hydrogen-bond donors (Lipinski definition) is 2. The van der Waals surface area contributed by atoms with E-state index < -0.39 is 0 Å². The van der Waals surface area contributed by atoms with Gasteiger partial charge < -0.3 is 10.1 Å². The molecule has 2 rings (SSSR count). The maximum Gasteiger partial charge on any atom is 0.0663 e. The summed E-state index contributed by atoms with van der Waals surface area (Å²) in [4.78, 5) is 0. The lowest BCUT2D eigenvalue weighted by atomic mass is 9.87. The van der Waals surface area contributed by atoms with Crippen molar-refractivity contribution in [3.63, 3.8) is 0 Å². The number of aromatic nitrogens is 2. The van der Waals surface area contributed by atoms with Gasteiger partial charge in [-0.15, -0.1) is 0 Å². The van der Waals surface area contributed by atoms with Crippen molar-refractivity contribution in [2.75, 3.05) is 19.8 Å². The van der Waals surface area contributed by atoms with Crippen LogP contribution >= 0.6 is 0 Å². The molecular weight excluding hydrogens is 190 g/mol. The number of nitrogens with one attached hydrogen (secondary N) is 2. The molecule has 4 heteroatoms. The normalized spacial score (nSPS) is 23.0. The predicted molar refractivity (Wildman–Crippen MR) is 58.9 cm³/mol. The molecule has 0 radical (unpaired) electrons. The summed E-state index contributed by atoms with van der Waals surface area (Å²) >= 11 is 0. The molecule has 0 aromatic carbocycles. The molecule has 2 N–H and O–H groups in total. The standard InChI is InChI=1S/C11H19N3O/c1-11(2,3)10-8(6-13-14-10)9-7-15-5-4-12-9/h6,9,12H,4-5,7H2,1-3H3,(H,13,14). The third-order valence-corrected chi connectivity index (χ3v) is 2.72. The van der Waals surface area contributed by atoms with Crippen LogP contribution in [0.1, 0.15) is 38.1 Å². The van der Waals surface area contributed by atoms with Crippen LogP contribution in [0, 0.1) is 0 Å². The largest absolute Gasteiger partial charge is 0.378 e. The zero-order valence-corrected chi connectivity index (χ0v) is 9.63. The summed E-state index contributed by atoms with van der Waals surface area (Å²) in [7, 11) is 0. The van der Waals surface area contributed by atoms with E-state index in [-0.39, 0.29) is 11.5 Å². The second-order valence-electron chi connectivity index (χ2n) is 5.03. The minimum absolute atomic E-state index is 0.102. The highest BCUT2D eigenvalue weighted by molar-refractivity contribution is 5.27. The zero-order valence-electron chi connectivity index (χ0n) is 9.63. The molecule has 4 nitrogen and oxygen atoms in total. The minimum Gasteiger partial charge on any atom is -0.378 e. The van der Waals surface area contributed by atoms with Crippen LogP contribution < -0.4 is 5.32 Å². The summed E-state index contributed by atoms with van der Waals surface area (Å²) in [6.45, 7) is 9.02. The molecule has 84 valence electrons. The van der Waals surface area contributed by atoms with E-state index in [2.05, 4.69) is 36.3 Å². The quantitative estimate of drug-likeness (QED) is 0.734. The smallest absolute Gasteiger partial charge is 0.0663 e. The first-order valence-corrected chi connectivity index (χ1v) is 5.44. The Morgan fingerprint density at radius 1 is 1.47 bits per heavy atom. The van der Waals surface area contributed by atoms with Gasteiger partial charge in [-0.3, -0.25) is 5.10 Å². The number of H-pyrrole nitrogens is 1. The molecule has 1 aliphatic rings. The van der Waals surface area contributed by atoms with E-state index in [1.165, 1.54) is 11.3 Å². The average molecular weight is 209 g/mol. The van der Waals surface area contributed by atoms with Crippen molar-refractivity contribution in [2.24, 2.45) is 0 Å². The highest BCUT2D eigenvalue weighted by Gasteiger charge is 2.26. The number of nitrogens with zero attached hydrogens (tertiary/aromatic N) is 1. The molecule has 1 aromatic heterocycles. The molecule has 1 atom stereocenters. The topological polar surface area (TPSA) is 49.9 Å². The van der Waals surface area contributed by atoms with E-state index in [0.29, 0.717) is 0 Å². The van der Waals surface area contributed by atoms with E-state index in [1.54, 1.807) is 0 Å². The van der Waals surface area contributed by atoms with Crippen LogP contribution in [0.25, 0.3) is 0 Å². The lowest BCUT2D eigenvalue weighted by molar-refractivity contribution is 0.0763. The number of rotatable bonds is 1. The molecule has 0 saturated carbocycles. The van der Waals surface area contributed by atoms with E-state index in [4.69, 9.17) is 4.74 Å². The van der Waals surface area contributed by atoms with Crippen LogP contribution in [-0.2, 0) is 10.2 Å². The highest BCUT2D eigenvalue weighted by atomic mass is 16.5. The Kier molecular flexibility index (Phi) is 2.80. The number of morpholine rings is 1. The first-order chi connectivity index (χ1) is 7.09. The van der Waals surface area contributed by atoms with Crippen molar-refractivity contribution >= 4 is 0 Å². The fourth-order valence-electron chi connectivity index (χ4n) is 1.93. The Morgan fingerprint density at radius 2 is 2.27 bits per heavy atom. The van der Waals surface area contributed by atoms with Gasteiger partial charge >= 0.3 is 0 Å². The van der Waals surface area contributed by atoms with Crippen LogP contribution in [0.15, 0.2) is 6.20 Å². The van der Waals surface area contributed by atoms with Gasteiger partial charge in [0.1, 0.15) is 0 Å². The van der Waals surface area contributed by atoms with E-state index >= 15 is 0 Å². The Morgan fingerprint density at radius 3 is 2.87 bits per heavy atom. The Hall–Kier alpha value is -0.870. The third-order valence-electron chi connectivity index (χ3n) is 2.72. The number of ether oxygens (including phenoxy) is 1. The second kappa shape index (κ2) is 3.94. The molecule has 0 aliphatic carbocycles. The summed E-state index contributed by atoms with van der Waals surface area (Å²) in [5.74, 6) is 0. The van der Waals surface area contributed by atoms with Crippen molar-refractivity contribution in [2.45, 2.75) is 32.2 Å². The minimum atomic E-state index is 0.102. The Labute approximate surface area is 90.4 Å². The summed E-state index contributed by atoms with van der Waals surface area (Å²) in [6, 6.07) is 0.284. The van der Waals surface area contributed by atoms with Gasteiger partial charge in [0.25, 0.3) is 0 Å². The molecule has 15 heavy (non-hydrogen) atoms. The first-order valence-electron chi connectivity index (χ1n) is 5.44. The number of aromatic amines is 1. The zero-order chi connectivity index (χ0) is 10.9. The molecule has 1 aromatic rings. The Bertz CT molecular complexity index is 321. The van der Waals surface area contributed by atoms with Gasteiger partial charge in [-0.25, -0.2) is 0 Å². The molecule has 1 saturated heterocycles. The van der Waals surface area contributed by atoms with Crippen LogP contribution in [0.2, 0.25) is 0 Å². The first kappa shape index (κ1) is 10.6. The lowest BCUT2D eigenvalue weighted by Gasteiger charge is -2.27. The van der Waals surface area contributed by atoms with E-state index in [0.717, 1.165) is 19.8 Å². The van der Waals surface area contributed by atoms with Gasteiger partial charge in [0, 0.05) is 23.2 Å². The molecule has 0 bridgehead atoms. The fourth-order valence-corrected chi connectivity index (χ4v) is 1.93. The molecule has 1 fully saturated rings. The maximum absolute atomic E-state index is 5.47. The monoisotopic (exact) mass is 209 g/mol. The van der Waals surface area contributed by atoms with Crippen LogP contribution in [0.4, 0.5) is 0 Å². The van der Waals surface area contributed by atoms with Crippen LogP contribution in [-0.4, -0.2) is 30.0 Å². The summed E-state index contributed by atoms with van der Waals surface area (Å²) in [5.41, 5.74) is 2.54. The average Bonchev–Trinajstić information content (AvgIpc) is 2.67. The van der Waals surface area contributed by atoms with Gasteiger partial charge in [0.2, 0.25) is 0 Å². The molecule has 0 spiro atoms. The highest BCUT2D eigenvalue weighted by Crippen LogP contribution is 2.28. The molecule has 1 aliphatic heterocycles. The van der Waals surface area contributed by atoms with Gasteiger partial charge in [0.05, 0.1) is 25.5 Å². The number of hydrogen-bond acceptors (Lipinski definition) is 3. The van der Waals surface area contributed by atoms with Crippen molar-refractivity contribution in [3.8, 4) is 0 Å². The van der Waals surface area contributed by atoms with Crippen molar-refractivity contribution in [1.29, 1.82) is 0 Å². The van der Waals surface area contributed by atoms with Gasteiger partial charge in [-0.1, -0.05) is 20.8 Å². The lowest BCUT2D eigenvalue weighted by Crippen LogP contribution is -2.35. The van der Waals surface area contributed by atoms with E-state index in [9.17, 15) is 0 Å². The van der Waals surface area contributed by atoms with Crippen molar-refractivity contribution in [1.82, 2.24) is 15.5 Å². The van der Waals surface area contributed by atoms with Gasteiger partial charge in [-0.05, 0) is 0 Å². The summed E-state index contributed by atoms with van der Waals surface area (Å²) in [6.07, 6.45) is 1.91. The summed E-state index contributed by atoms with van der Waals surface area (Å²) < 4.78 is 5.47. The SMILES string of the molecule is CC(C)(C)c1[nH]ncc1C1COCCN1. The molecule has 0 amide bonds. The van der Waals surface area contributed by atoms with E-state index in [1.807, 2.05) is 6.20 Å². The molecule has 2 heterocycles. The maximum atomic E-state index is 5.47. The summed E-state index contributed by atoms with van der Waals surface area (Å²) in [5, 5.41) is 10.7. The van der Waals surface area contributed by atoms with Gasteiger partial charge in [0.15, 0.2) is 0 Å². The molecular formula is C11H19N3O. The van der Waals surface area contributed by atoms with Crippen molar-refractivity contribution < 1.29 is 4.74 Å². The third kappa shape index (κ3) is 2.21. The Balaban J connectivity index is 2.24.